The van der Waals surface area contributed by atoms with Crippen molar-refractivity contribution in [2.45, 2.75) is 25.3 Å². The summed E-state index contributed by atoms with van der Waals surface area (Å²) in [6.45, 7) is 1.10. The number of piperidine rings is 1. The molecule has 0 aromatic heterocycles. The Balaban J connectivity index is 1.96. The van der Waals surface area contributed by atoms with Gasteiger partial charge in [-0.2, -0.15) is 0 Å². The highest BCUT2D eigenvalue weighted by Gasteiger charge is 2.25. The monoisotopic (exact) mass is 326 g/mol. The van der Waals surface area contributed by atoms with Crippen LogP contribution in [0.4, 0.5) is 0 Å². The highest BCUT2D eigenvalue weighted by atomic mass is 32.2. The van der Waals surface area contributed by atoms with E-state index < -0.39 is 10.0 Å². The predicted octanol–water partition coefficient (Wildman–Crippen LogP) is 0.778. The van der Waals surface area contributed by atoms with Gasteiger partial charge in [0, 0.05) is 19.1 Å². The summed E-state index contributed by atoms with van der Waals surface area (Å²) in [4.78, 5) is 14.1. The normalized spacial score (nSPS) is 19.0. The van der Waals surface area contributed by atoms with E-state index in [4.69, 9.17) is 4.74 Å². The molecule has 1 aromatic rings. The predicted molar refractivity (Wildman–Crippen MR) is 84.3 cm³/mol. The SMILES string of the molecule is COc1cccc(CC(=O)N2CCCC(NS(C)(=O)=O)C2)c1. The van der Waals surface area contributed by atoms with Crippen LogP contribution in [0.25, 0.3) is 0 Å². The van der Waals surface area contributed by atoms with Gasteiger partial charge in [0.1, 0.15) is 5.75 Å². The molecule has 22 heavy (non-hydrogen) atoms. The van der Waals surface area contributed by atoms with E-state index in [0.717, 1.165) is 30.4 Å². The van der Waals surface area contributed by atoms with Crippen LogP contribution in [-0.2, 0) is 21.2 Å². The fraction of sp³-hybridized carbons (Fsp3) is 0.533. The average Bonchev–Trinajstić information content (AvgIpc) is 2.46. The Kier molecular flexibility index (Phi) is 5.42. The summed E-state index contributed by atoms with van der Waals surface area (Å²) in [5.41, 5.74) is 0.891. The zero-order valence-corrected chi connectivity index (χ0v) is 13.7. The van der Waals surface area contributed by atoms with E-state index in [1.54, 1.807) is 12.0 Å². The van der Waals surface area contributed by atoms with Crippen LogP contribution >= 0.6 is 0 Å². The third-order valence-electron chi connectivity index (χ3n) is 3.64. The van der Waals surface area contributed by atoms with Crippen molar-refractivity contribution >= 4 is 15.9 Å². The van der Waals surface area contributed by atoms with Crippen LogP contribution in [0.3, 0.4) is 0 Å². The molecule has 2 rings (SSSR count). The van der Waals surface area contributed by atoms with Crippen LogP contribution in [0.15, 0.2) is 24.3 Å². The quantitative estimate of drug-likeness (QED) is 0.867. The summed E-state index contributed by atoms with van der Waals surface area (Å²) in [7, 11) is -1.65. The minimum atomic E-state index is -3.25. The summed E-state index contributed by atoms with van der Waals surface area (Å²) in [5.74, 6) is 0.730. The Morgan fingerprint density at radius 1 is 1.45 bits per heavy atom. The molecule has 6 nitrogen and oxygen atoms in total. The zero-order chi connectivity index (χ0) is 16.2. The molecule has 0 saturated carbocycles. The summed E-state index contributed by atoms with van der Waals surface area (Å²) in [5, 5.41) is 0. The summed E-state index contributed by atoms with van der Waals surface area (Å²) < 4.78 is 30.4. The molecular weight excluding hydrogens is 304 g/mol. The van der Waals surface area contributed by atoms with Crippen molar-refractivity contribution in [2.75, 3.05) is 26.5 Å². The molecule has 0 radical (unpaired) electrons. The first-order valence-corrected chi connectivity index (χ1v) is 9.14. The van der Waals surface area contributed by atoms with Crippen molar-refractivity contribution < 1.29 is 17.9 Å². The van der Waals surface area contributed by atoms with Gasteiger partial charge in [-0.25, -0.2) is 13.1 Å². The molecule has 0 spiro atoms. The fourth-order valence-electron chi connectivity index (χ4n) is 2.67. The molecular formula is C15H22N2O4S. The van der Waals surface area contributed by atoms with Crippen molar-refractivity contribution in [3.05, 3.63) is 29.8 Å². The number of likely N-dealkylation sites (tertiary alicyclic amines) is 1. The molecule has 7 heteroatoms. The Labute approximate surface area is 131 Å². The fourth-order valence-corrected chi connectivity index (χ4v) is 3.47. The number of amides is 1. The van der Waals surface area contributed by atoms with Crippen molar-refractivity contribution in [1.29, 1.82) is 0 Å². The van der Waals surface area contributed by atoms with Gasteiger partial charge in [-0.1, -0.05) is 12.1 Å². The Morgan fingerprint density at radius 2 is 2.23 bits per heavy atom. The maximum absolute atomic E-state index is 12.4. The van der Waals surface area contributed by atoms with E-state index in [1.807, 2.05) is 24.3 Å². The molecule has 1 atom stereocenters. The third-order valence-corrected chi connectivity index (χ3v) is 4.41. The molecule has 1 unspecified atom stereocenters. The summed E-state index contributed by atoms with van der Waals surface area (Å²) in [6.07, 6.45) is 3.00. The standard InChI is InChI=1S/C15H22N2O4S/c1-21-14-7-3-5-12(9-14)10-15(18)17-8-4-6-13(11-17)16-22(2,19)20/h3,5,7,9,13,16H,4,6,8,10-11H2,1-2H3. The average molecular weight is 326 g/mol. The van der Waals surface area contributed by atoms with Crippen molar-refractivity contribution in [3.8, 4) is 5.75 Å². The Hall–Kier alpha value is -1.60. The first-order valence-electron chi connectivity index (χ1n) is 7.25. The first-order chi connectivity index (χ1) is 10.4. The van der Waals surface area contributed by atoms with Gasteiger partial charge in [-0.15, -0.1) is 0 Å². The van der Waals surface area contributed by atoms with Gasteiger partial charge in [0.15, 0.2) is 0 Å². The van der Waals surface area contributed by atoms with E-state index >= 15 is 0 Å². The molecule has 1 heterocycles. The van der Waals surface area contributed by atoms with Crippen LogP contribution in [-0.4, -0.2) is 51.7 Å². The molecule has 1 fully saturated rings. The number of methoxy groups -OCH3 is 1. The molecule has 1 aliphatic rings. The Bertz CT molecular complexity index is 630. The number of hydrogen-bond donors (Lipinski definition) is 1. The highest BCUT2D eigenvalue weighted by Crippen LogP contribution is 2.16. The minimum absolute atomic E-state index is 0.00764. The molecule has 1 aliphatic heterocycles. The van der Waals surface area contributed by atoms with E-state index in [0.29, 0.717) is 19.5 Å². The number of carbonyl (C=O) groups excluding carboxylic acids is 1. The van der Waals surface area contributed by atoms with Gasteiger partial charge in [0.25, 0.3) is 0 Å². The molecule has 1 amide bonds. The molecule has 0 bridgehead atoms. The molecule has 1 N–H and O–H groups in total. The highest BCUT2D eigenvalue weighted by molar-refractivity contribution is 7.88. The zero-order valence-electron chi connectivity index (χ0n) is 12.9. The van der Waals surface area contributed by atoms with Crippen molar-refractivity contribution in [1.82, 2.24) is 9.62 Å². The minimum Gasteiger partial charge on any atom is -0.497 e. The number of benzene rings is 1. The molecule has 122 valence electrons. The van der Waals surface area contributed by atoms with Gasteiger partial charge in [-0.05, 0) is 30.5 Å². The lowest BCUT2D eigenvalue weighted by Gasteiger charge is -2.32. The molecule has 1 aromatic carbocycles. The molecule has 0 aliphatic carbocycles. The summed E-state index contributed by atoms with van der Waals surface area (Å²) >= 11 is 0. The lowest BCUT2D eigenvalue weighted by Crippen LogP contribution is -2.49. The largest absolute Gasteiger partial charge is 0.497 e. The van der Waals surface area contributed by atoms with Crippen molar-refractivity contribution in [2.24, 2.45) is 0 Å². The number of nitrogens with one attached hydrogen (secondary N) is 1. The van der Waals surface area contributed by atoms with Crippen molar-refractivity contribution in [3.63, 3.8) is 0 Å². The van der Waals surface area contributed by atoms with Gasteiger partial charge >= 0.3 is 0 Å². The second-order valence-corrected chi connectivity index (χ2v) is 7.38. The second kappa shape index (κ2) is 7.11. The summed E-state index contributed by atoms with van der Waals surface area (Å²) in [6, 6.07) is 7.22. The van der Waals surface area contributed by atoms with Crippen LogP contribution in [0.1, 0.15) is 18.4 Å². The lowest BCUT2D eigenvalue weighted by atomic mass is 10.0. The maximum atomic E-state index is 12.4. The van der Waals surface area contributed by atoms with E-state index in [2.05, 4.69) is 4.72 Å². The van der Waals surface area contributed by atoms with Crippen LogP contribution in [0.2, 0.25) is 0 Å². The van der Waals surface area contributed by atoms with Crippen LogP contribution in [0, 0.1) is 0 Å². The number of sulfonamides is 1. The van der Waals surface area contributed by atoms with Crippen LogP contribution < -0.4 is 9.46 Å². The second-order valence-electron chi connectivity index (χ2n) is 5.60. The number of rotatable bonds is 5. The number of carbonyl (C=O) groups is 1. The van der Waals surface area contributed by atoms with Gasteiger partial charge in [0.2, 0.25) is 15.9 Å². The lowest BCUT2D eigenvalue weighted by molar-refractivity contribution is -0.131. The van der Waals surface area contributed by atoms with Crippen LogP contribution in [0.5, 0.6) is 5.75 Å². The topological polar surface area (TPSA) is 75.7 Å². The number of nitrogens with zero attached hydrogens (tertiary/aromatic N) is 1. The molecule has 1 saturated heterocycles. The maximum Gasteiger partial charge on any atom is 0.227 e. The first kappa shape index (κ1) is 16.8. The van der Waals surface area contributed by atoms with E-state index in [1.165, 1.54) is 0 Å². The Morgan fingerprint density at radius 3 is 2.91 bits per heavy atom. The van der Waals surface area contributed by atoms with Gasteiger partial charge < -0.3 is 9.64 Å². The van der Waals surface area contributed by atoms with Gasteiger partial charge in [0.05, 0.1) is 19.8 Å². The number of hydrogen-bond acceptors (Lipinski definition) is 4. The van der Waals surface area contributed by atoms with E-state index in [9.17, 15) is 13.2 Å². The van der Waals surface area contributed by atoms with Gasteiger partial charge in [-0.3, -0.25) is 4.79 Å². The number of ether oxygens (including phenoxy) is 1. The third kappa shape index (κ3) is 4.99. The van der Waals surface area contributed by atoms with E-state index in [-0.39, 0.29) is 11.9 Å². The smallest absolute Gasteiger partial charge is 0.227 e.